The SMILES string of the molecule is CCOC(=O)Cn1cnc2c1c(=O)n(C(C)C)c(=O)n2-c1cccc(C)c1. The van der Waals surface area contributed by atoms with Gasteiger partial charge in [-0.15, -0.1) is 0 Å². The van der Waals surface area contributed by atoms with E-state index in [0.29, 0.717) is 5.69 Å². The molecule has 0 bridgehead atoms. The molecular weight excluding hydrogens is 348 g/mol. The van der Waals surface area contributed by atoms with Crippen molar-refractivity contribution in [2.24, 2.45) is 0 Å². The number of carbonyl (C=O) groups excluding carboxylic acids is 1. The fraction of sp³-hybridized carbons (Fsp3) is 0.368. The van der Waals surface area contributed by atoms with Gasteiger partial charge in [0, 0.05) is 6.04 Å². The number of hydrogen-bond donors (Lipinski definition) is 0. The van der Waals surface area contributed by atoms with Gasteiger partial charge in [-0.2, -0.15) is 0 Å². The minimum absolute atomic E-state index is 0.149. The molecule has 0 spiro atoms. The molecule has 27 heavy (non-hydrogen) atoms. The predicted octanol–water partition coefficient (Wildman–Crippen LogP) is 1.80. The standard InChI is InChI=1S/C19H22N4O4/c1-5-27-15(24)10-21-11-20-17-16(21)18(25)22(12(2)3)19(26)23(17)14-8-6-7-13(4)9-14/h6-9,11-12H,5,10H2,1-4H3. The van der Waals surface area contributed by atoms with Crippen LogP contribution in [0.1, 0.15) is 32.4 Å². The molecule has 3 rings (SSSR count). The maximum absolute atomic E-state index is 13.1. The molecule has 2 aromatic heterocycles. The summed E-state index contributed by atoms with van der Waals surface area (Å²) in [5, 5.41) is 0. The van der Waals surface area contributed by atoms with Crippen LogP contribution in [0.5, 0.6) is 0 Å². The average Bonchev–Trinajstić information content (AvgIpc) is 2.98. The molecule has 0 saturated carbocycles. The van der Waals surface area contributed by atoms with Crippen LogP contribution in [-0.4, -0.2) is 31.3 Å². The lowest BCUT2D eigenvalue weighted by Crippen LogP contribution is -2.41. The molecule has 0 radical (unpaired) electrons. The second-order valence-corrected chi connectivity index (χ2v) is 6.58. The Morgan fingerprint density at radius 1 is 1.26 bits per heavy atom. The summed E-state index contributed by atoms with van der Waals surface area (Å²) in [6, 6.07) is 7.04. The second kappa shape index (κ2) is 7.22. The highest BCUT2D eigenvalue weighted by molar-refractivity contribution is 5.76. The van der Waals surface area contributed by atoms with Gasteiger partial charge in [0.15, 0.2) is 11.2 Å². The summed E-state index contributed by atoms with van der Waals surface area (Å²) in [7, 11) is 0. The molecule has 0 aliphatic rings. The molecule has 142 valence electrons. The van der Waals surface area contributed by atoms with Crippen LogP contribution in [0.4, 0.5) is 0 Å². The first kappa shape index (κ1) is 18.6. The van der Waals surface area contributed by atoms with Crippen LogP contribution >= 0.6 is 0 Å². The van der Waals surface area contributed by atoms with Crippen molar-refractivity contribution in [3.8, 4) is 5.69 Å². The molecule has 0 atom stereocenters. The van der Waals surface area contributed by atoms with E-state index in [1.54, 1.807) is 26.8 Å². The maximum Gasteiger partial charge on any atom is 0.337 e. The van der Waals surface area contributed by atoms with Crippen molar-refractivity contribution in [2.75, 3.05) is 6.61 Å². The number of carbonyl (C=O) groups is 1. The summed E-state index contributed by atoms with van der Waals surface area (Å²) < 4.78 is 8.98. The quantitative estimate of drug-likeness (QED) is 0.639. The molecule has 1 aromatic carbocycles. The smallest absolute Gasteiger partial charge is 0.337 e. The second-order valence-electron chi connectivity index (χ2n) is 6.58. The number of aryl methyl sites for hydroxylation is 1. The van der Waals surface area contributed by atoms with E-state index in [2.05, 4.69) is 4.98 Å². The van der Waals surface area contributed by atoms with Gasteiger partial charge in [-0.3, -0.25) is 14.2 Å². The number of benzene rings is 1. The summed E-state index contributed by atoms with van der Waals surface area (Å²) in [4.78, 5) is 42.2. The van der Waals surface area contributed by atoms with Crippen LogP contribution in [-0.2, 0) is 16.1 Å². The molecule has 8 nitrogen and oxygen atoms in total. The van der Waals surface area contributed by atoms with Gasteiger partial charge in [-0.25, -0.2) is 14.3 Å². The third-order valence-electron chi connectivity index (χ3n) is 4.23. The monoisotopic (exact) mass is 370 g/mol. The Balaban J connectivity index is 2.36. The molecule has 0 aliphatic heterocycles. The molecule has 0 unspecified atom stereocenters. The first-order valence-corrected chi connectivity index (χ1v) is 8.80. The number of rotatable bonds is 5. The number of imidazole rings is 1. The molecule has 0 amide bonds. The van der Waals surface area contributed by atoms with Crippen molar-refractivity contribution in [3.05, 3.63) is 57.0 Å². The summed E-state index contributed by atoms with van der Waals surface area (Å²) >= 11 is 0. The van der Waals surface area contributed by atoms with E-state index >= 15 is 0 Å². The van der Waals surface area contributed by atoms with Crippen LogP contribution in [0, 0.1) is 6.92 Å². The molecule has 3 aromatic rings. The molecular formula is C19H22N4O4. The van der Waals surface area contributed by atoms with Crippen molar-refractivity contribution >= 4 is 17.1 Å². The molecule has 8 heteroatoms. The van der Waals surface area contributed by atoms with Crippen LogP contribution in [0.3, 0.4) is 0 Å². The van der Waals surface area contributed by atoms with Gasteiger partial charge in [-0.05, 0) is 45.4 Å². The van der Waals surface area contributed by atoms with Gasteiger partial charge in [0.1, 0.15) is 6.54 Å². The highest BCUT2D eigenvalue weighted by atomic mass is 16.5. The molecule has 0 N–H and O–H groups in total. The van der Waals surface area contributed by atoms with Gasteiger partial charge in [0.25, 0.3) is 5.56 Å². The van der Waals surface area contributed by atoms with E-state index in [4.69, 9.17) is 4.74 Å². The van der Waals surface area contributed by atoms with Crippen molar-refractivity contribution in [1.82, 2.24) is 18.7 Å². The summed E-state index contributed by atoms with van der Waals surface area (Å²) in [6.07, 6.45) is 1.39. The van der Waals surface area contributed by atoms with Crippen molar-refractivity contribution < 1.29 is 9.53 Å². The number of esters is 1. The normalized spacial score (nSPS) is 11.3. The van der Waals surface area contributed by atoms with Crippen molar-refractivity contribution in [3.63, 3.8) is 0 Å². The Bertz CT molecular complexity index is 1120. The van der Waals surface area contributed by atoms with Gasteiger partial charge in [-0.1, -0.05) is 12.1 Å². The first-order chi connectivity index (χ1) is 12.8. The van der Waals surface area contributed by atoms with Crippen LogP contribution in [0.2, 0.25) is 0 Å². The Morgan fingerprint density at radius 3 is 2.63 bits per heavy atom. The summed E-state index contributed by atoms with van der Waals surface area (Å²) in [6.45, 7) is 7.26. The van der Waals surface area contributed by atoms with Gasteiger partial charge in [0.2, 0.25) is 0 Å². The Hall–Kier alpha value is -3.16. The topological polar surface area (TPSA) is 88.1 Å². The lowest BCUT2D eigenvalue weighted by molar-refractivity contribution is -0.143. The van der Waals surface area contributed by atoms with E-state index in [0.717, 1.165) is 5.56 Å². The maximum atomic E-state index is 13.1. The average molecular weight is 370 g/mol. The molecule has 0 aliphatic carbocycles. The van der Waals surface area contributed by atoms with Gasteiger partial charge >= 0.3 is 11.7 Å². The van der Waals surface area contributed by atoms with E-state index in [-0.39, 0.29) is 30.4 Å². The first-order valence-electron chi connectivity index (χ1n) is 8.80. The minimum atomic E-state index is -0.476. The molecule has 0 saturated heterocycles. The van der Waals surface area contributed by atoms with E-state index < -0.39 is 17.2 Å². The zero-order valence-electron chi connectivity index (χ0n) is 15.8. The molecule has 0 fully saturated rings. The van der Waals surface area contributed by atoms with Crippen LogP contribution in [0.15, 0.2) is 40.2 Å². The van der Waals surface area contributed by atoms with Crippen molar-refractivity contribution in [2.45, 2.75) is 40.3 Å². The fourth-order valence-electron chi connectivity index (χ4n) is 3.07. The highest BCUT2D eigenvalue weighted by Crippen LogP contribution is 2.15. The Labute approximate surface area is 155 Å². The lowest BCUT2D eigenvalue weighted by atomic mass is 10.2. The summed E-state index contributed by atoms with van der Waals surface area (Å²) in [5.41, 5.74) is 1.06. The minimum Gasteiger partial charge on any atom is -0.465 e. The largest absolute Gasteiger partial charge is 0.465 e. The van der Waals surface area contributed by atoms with Gasteiger partial charge < -0.3 is 9.30 Å². The van der Waals surface area contributed by atoms with Gasteiger partial charge in [0.05, 0.1) is 18.6 Å². The number of nitrogens with zero attached hydrogens (tertiary/aromatic N) is 4. The Morgan fingerprint density at radius 2 is 2.00 bits per heavy atom. The van der Waals surface area contributed by atoms with E-state index in [1.165, 1.54) is 20.0 Å². The molecule has 2 heterocycles. The number of fused-ring (bicyclic) bond motifs is 1. The fourth-order valence-corrected chi connectivity index (χ4v) is 3.07. The lowest BCUT2D eigenvalue weighted by Gasteiger charge is -2.15. The number of aromatic nitrogens is 4. The van der Waals surface area contributed by atoms with Crippen LogP contribution in [0.25, 0.3) is 16.9 Å². The number of ether oxygens (including phenoxy) is 1. The highest BCUT2D eigenvalue weighted by Gasteiger charge is 2.21. The number of hydrogen-bond acceptors (Lipinski definition) is 5. The Kier molecular flexibility index (Phi) is 4.98. The van der Waals surface area contributed by atoms with E-state index in [1.807, 2.05) is 25.1 Å². The summed E-state index contributed by atoms with van der Waals surface area (Å²) in [5.74, 6) is -0.472. The third kappa shape index (κ3) is 3.30. The zero-order valence-corrected chi connectivity index (χ0v) is 15.8. The van der Waals surface area contributed by atoms with E-state index in [9.17, 15) is 14.4 Å². The zero-order chi connectivity index (χ0) is 19.7. The third-order valence-corrected chi connectivity index (χ3v) is 4.23. The van der Waals surface area contributed by atoms with Crippen LogP contribution < -0.4 is 11.2 Å². The predicted molar refractivity (Wildman–Crippen MR) is 101 cm³/mol. The van der Waals surface area contributed by atoms with Crippen molar-refractivity contribution in [1.29, 1.82) is 0 Å².